The van der Waals surface area contributed by atoms with E-state index < -0.39 is 0 Å². The maximum Gasteiger partial charge on any atom is 0.150 e. The third-order valence-corrected chi connectivity index (χ3v) is 4.01. The summed E-state index contributed by atoms with van der Waals surface area (Å²) in [4.78, 5) is 21.4. The lowest BCUT2D eigenvalue weighted by Gasteiger charge is -2.24. The molecule has 4 heteroatoms. The molecule has 0 aliphatic carbocycles. The van der Waals surface area contributed by atoms with E-state index in [1.165, 1.54) is 0 Å². The minimum atomic E-state index is -0.108. The van der Waals surface area contributed by atoms with Crippen molar-refractivity contribution in [1.29, 1.82) is 0 Å². The Morgan fingerprint density at radius 2 is 1.38 bits per heavy atom. The highest BCUT2D eigenvalue weighted by molar-refractivity contribution is 5.75. The number of carbonyl (C=O) groups excluding carboxylic acids is 2. The molecule has 2 aromatic rings. The summed E-state index contributed by atoms with van der Waals surface area (Å²) >= 11 is 0. The van der Waals surface area contributed by atoms with Crippen LogP contribution in [0, 0.1) is 5.92 Å². The molecular weight excluding hydrogens is 304 g/mol. The number of rotatable bonds is 9. The van der Waals surface area contributed by atoms with Crippen LogP contribution in [0.4, 0.5) is 0 Å². The highest BCUT2D eigenvalue weighted by Crippen LogP contribution is 2.20. The Balaban J connectivity index is 2.01. The molecule has 4 nitrogen and oxygen atoms in total. The van der Waals surface area contributed by atoms with Gasteiger partial charge in [-0.2, -0.15) is 0 Å². The largest absolute Gasteiger partial charge is 0.490 e. The van der Waals surface area contributed by atoms with Gasteiger partial charge in [0.2, 0.25) is 0 Å². The molecule has 2 aromatic carbocycles. The van der Waals surface area contributed by atoms with Crippen LogP contribution in [0.25, 0.3) is 0 Å². The van der Waals surface area contributed by atoms with Gasteiger partial charge in [-0.25, -0.2) is 0 Å². The van der Waals surface area contributed by atoms with Crippen LogP contribution in [-0.4, -0.2) is 25.3 Å². The van der Waals surface area contributed by atoms with Crippen molar-refractivity contribution in [3.05, 3.63) is 59.7 Å². The van der Waals surface area contributed by atoms with Gasteiger partial charge in [-0.3, -0.25) is 9.59 Å². The third-order valence-electron chi connectivity index (χ3n) is 4.01. The van der Waals surface area contributed by atoms with Gasteiger partial charge in [0.1, 0.15) is 36.8 Å². The van der Waals surface area contributed by atoms with Crippen molar-refractivity contribution in [3.63, 3.8) is 0 Å². The van der Waals surface area contributed by atoms with Gasteiger partial charge in [-0.1, -0.05) is 13.8 Å². The first kappa shape index (κ1) is 17.7. The topological polar surface area (TPSA) is 52.6 Å². The van der Waals surface area contributed by atoms with Crippen LogP contribution < -0.4 is 9.47 Å². The Hall–Kier alpha value is -2.62. The van der Waals surface area contributed by atoms with Gasteiger partial charge < -0.3 is 9.47 Å². The molecule has 0 fully saturated rings. The van der Waals surface area contributed by atoms with Crippen molar-refractivity contribution in [2.24, 2.45) is 5.92 Å². The lowest BCUT2D eigenvalue weighted by Crippen LogP contribution is -2.31. The normalized spacial score (nSPS) is 12.9. The second kappa shape index (κ2) is 8.87. The van der Waals surface area contributed by atoms with Gasteiger partial charge in [-0.05, 0) is 60.9 Å². The van der Waals surface area contributed by atoms with E-state index >= 15 is 0 Å². The molecule has 0 amide bonds. The summed E-state index contributed by atoms with van der Waals surface area (Å²) in [7, 11) is 0. The van der Waals surface area contributed by atoms with Gasteiger partial charge in [0.15, 0.2) is 0 Å². The summed E-state index contributed by atoms with van der Waals surface area (Å²) in [6.07, 6.45) is 2.47. The van der Waals surface area contributed by atoms with E-state index in [2.05, 4.69) is 13.8 Å². The summed E-state index contributed by atoms with van der Waals surface area (Å²) in [5.41, 5.74) is 1.24. The van der Waals surface area contributed by atoms with Gasteiger partial charge in [0, 0.05) is 11.1 Å². The molecular formula is C20H22O4. The summed E-state index contributed by atoms with van der Waals surface area (Å²) in [6, 6.07) is 14.0. The number of benzene rings is 2. The first-order valence-electron chi connectivity index (χ1n) is 8.06. The molecule has 0 saturated carbocycles. The van der Waals surface area contributed by atoms with Crippen molar-refractivity contribution in [2.45, 2.75) is 26.4 Å². The average Bonchev–Trinajstić information content (AvgIpc) is 2.65. The molecule has 24 heavy (non-hydrogen) atoms. The molecule has 0 aliphatic heterocycles. The molecule has 0 bridgehead atoms. The minimum Gasteiger partial charge on any atom is -0.490 e. The van der Waals surface area contributed by atoms with Crippen LogP contribution in [0.5, 0.6) is 11.5 Å². The van der Waals surface area contributed by atoms with Crippen molar-refractivity contribution < 1.29 is 19.1 Å². The highest BCUT2D eigenvalue weighted by atomic mass is 16.5. The highest BCUT2D eigenvalue weighted by Gasteiger charge is 2.19. The van der Waals surface area contributed by atoms with Gasteiger partial charge in [0.05, 0.1) is 0 Å². The second-order valence-corrected chi connectivity index (χ2v) is 5.73. The van der Waals surface area contributed by atoms with E-state index in [-0.39, 0.29) is 6.10 Å². The second-order valence-electron chi connectivity index (χ2n) is 5.73. The number of hydrogen-bond donors (Lipinski definition) is 0. The Bertz CT molecular complexity index is 646. The fraction of sp³-hybridized carbons (Fsp3) is 0.300. The zero-order valence-corrected chi connectivity index (χ0v) is 14.0. The minimum absolute atomic E-state index is 0.108. The van der Waals surface area contributed by atoms with Gasteiger partial charge in [-0.15, -0.1) is 0 Å². The Morgan fingerprint density at radius 1 is 0.875 bits per heavy atom. The van der Waals surface area contributed by atoms with E-state index in [1.807, 2.05) is 0 Å². The van der Waals surface area contributed by atoms with Gasteiger partial charge >= 0.3 is 0 Å². The molecule has 126 valence electrons. The standard InChI is InChI=1S/C20H22O4/c1-3-15(2)20(24-19-10-6-17(13-22)7-11-19)14-23-18-8-4-16(12-21)5-9-18/h4-13,15,20H,3,14H2,1-2H3. The number of hydrogen-bond acceptors (Lipinski definition) is 4. The molecule has 0 saturated heterocycles. The van der Waals surface area contributed by atoms with Crippen molar-refractivity contribution in [1.82, 2.24) is 0 Å². The van der Waals surface area contributed by atoms with E-state index in [1.54, 1.807) is 48.5 Å². The lowest BCUT2D eigenvalue weighted by molar-refractivity contribution is 0.0830. The smallest absolute Gasteiger partial charge is 0.150 e. The molecule has 2 rings (SSSR count). The predicted molar refractivity (Wildman–Crippen MR) is 93.0 cm³/mol. The van der Waals surface area contributed by atoms with E-state index in [0.29, 0.717) is 35.2 Å². The van der Waals surface area contributed by atoms with Crippen LogP contribution >= 0.6 is 0 Å². The van der Waals surface area contributed by atoms with Gasteiger partial charge in [0.25, 0.3) is 0 Å². The van der Waals surface area contributed by atoms with E-state index in [4.69, 9.17) is 9.47 Å². The molecule has 2 unspecified atom stereocenters. The predicted octanol–water partition coefficient (Wildman–Crippen LogP) is 4.18. The third kappa shape index (κ3) is 4.95. The van der Waals surface area contributed by atoms with Crippen molar-refractivity contribution in [2.75, 3.05) is 6.61 Å². The van der Waals surface area contributed by atoms with E-state index in [9.17, 15) is 9.59 Å². The van der Waals surface area contributed by atoms with Crippen LogP contribution in [0.15, 0.2) is 48.5 Å². The fourth-order valence-electron chi connectivity index (χ4n) is 2.20. The number of ether oxygens (including phenoxy) is 2. The Kier molecular flexibility index (Phi) is 6.55. The summed E-state index contributed by atoms with van der Waals surface area (Å²) < 4.78 is 11.8. The molecule has 0 heterocycles. The van der Waals surface area contributed by atoms with Crippen molar-refractivity contribution in [3.8, 4) is 11.5 Å². The van der Waals surface area contributed by atoms with Crippen LogP contribution in [0.2, 0.25) is 0 Å². The zero-order chi connectivity index (χ0) is 17.4. The summed E-state index contributed by atoms with van der Waals surface area (Å²) in [5.74, 6) is 1.73. The first-order chi connectivity index (χ1) is 11.7. The quantitative estimate of drug-likeness (QED) is 0.649. The first-order valence-corrected chi connectivity index (χ1v) is 8.06. The monoisotopic (exact) mass is 326 g/mol. The summed E-state index contributed by atoms with van der Waals surface area (Å²) in [5, 5.41) is 0. The Labute approximate surface area is 142 Å². The molecule has 0 aliphatic rings. The van der Waals surface area contributed by atoms with Crippen LogP contribution in [0.3, 0.4) is 0 Å². The molecule has 0 radical (unpaired) electrons. The molecule has 2 atom stereocenters. The number of carbonyl (C=O) groups is 2. The summed E-state index contributed by atoms with van der Waals surface area (Å²) in [6.45, 7) is 4.63. The van der Waals surface area contributed by atoms with Crippen LogP contribution in [-0.2, 0) is 0 Å². The van der Waals surface area contributed by atoms with Crippen LogP contribution in [0.1, 0.15) is 41.0 Å². The maximum absolute atomic E-state index is 10.7. The SMILES string of the molecule is CCC(C)C(COc1ccc(C=O)cc1)Oc1ccc(C=O)cc1. The lowest BCUT2D eigenvalue weighted by atomic mass is 10.0. The molecule has 0 aromatic heterocycles. The van der Waals surface area contributed by atoms with E-state index in [0.717, 1.165) is 19.0 Å². The average molecular weight is 326 g/mol. The molecule has 0 spiro atoms. The van der Waals surface area contributed by atoms with Crippen molar-refractivity contribution >= 4 is 12.6 Å². The number of aldehydes is 2. The molecule has 0 N–H and O–H groups in total. The Morgan fingerprint density at radius 3 is 1.83 bits per heavy atom. The fourth-order valence-corrected chi connectivity index (χ4v) is 2.20. The zero-order valence-electron chi connectivity index (χ0n) is 14.0. The maximum atomic E-state index is 10.7.